The van der Waals surface area contributed by atoms with E-state index in [-0.39, 0.29) is 17.4 Å². The molecule has 0 atom stereocenters. The van der Waals surface area contributed by atoms with Gasteiger partial charge >= 0.3 is 17.4 Å². The molecule has 0 N–H and O–H groups in total. The third-order valence-corrected chi connectivity index (χ3v) is 11.6. The summed E-state index contributed by atoms with van der Waals surface area (Å²) in [7, 11) is 1.37. The number of benzene rings is 8. The molecule has 3 heteroatoms. The Bertz CT molecular complexity index is 2190. The summed E-state index contributed by atoms with van der Waals surface area (Å²) in [5, 5.41) is 16.4. The van der Waals surface area contributed by atoms with E-state index in [0.29, 0.717) is 17.2 Å². The smallest absolute Gasteiger partial charge is 0.214 e. The summed E-state index contributed by atoms with van der Waals surface area (Å²) in [6, 6.07) is 81.0. The zero-order valence-corrected chi connectivity index (χ0v) is 32.6. The first-order valence-electron chi connectivity index (χ1n) is 17.6. The van der Waals surface area contributed by atoms with Crippen LogP contribution < -0.4 is 21.2 Å². The fourth-order valence-corrected chi connectivity index (χ4v) is 9.02. The van der Waals surface area contributed by atoms with Gasteiger partial charge in [-0.1, -0.05) is 187 Å². The zero-order valence-electron chi connectivity index (χ0n) is 29.3. The average molecular weight is 755 g/mol. The van der Waals surface area contributed by atoms with Gasteiger partial charge in [-0.2, -0.15) is 36.4 Å². The third kappa shape index (κ3) is 10.1. The van der Waals surface area contributed by atoms with E-state index in [4.69, 9.17) is 0 Å². The minimum Gasteiger partial charge on any atom is -0.214 e. The van der Waals surface area contributed by atoms with Crippen LogP contribution in [0.25, 0.3) is 43.1 Å². The molecule has 10 rings (SSSR count). The molecule has 0 spiro atoms. The van der Waals surface area contributed by atoms with Crippen LogP contribution in [-0.4, -0.2) is 0 Å². The van der Waals surface area contributed by atoms with Crippen molar-refractivity contribution < 1.29 is 17.4 Å². The molecule has 0 aromatic heterocycles. The van der Waals surface area contributed by atoms with E-state index in [1.807, 2.05) is 60.7 Å². The van der Waals surface area contributed by atoms with E-state index in [9.17, 15) is 0 Å². The fraction of sp³-hybridized carbons (Fsp3) is 0. The Kier molecular flexibility index (Phi) is 14.0. The molecule has 0 aliphatic heterocycles. The van der Waals surface area contributed by atoms with Crippen LogP contribution in [0.3, 0.4) is 0 Å². The number of hydrogen-bond acceptors (Lipinski definition) is 0. The molecule has 0 unspecified atom stereocenters. The van der Waals surface area contributed by atoms with E-state index in [2.05, 4.69) is 170 Å². The van der Waals surface area contributed by atoms with Gasteiger partial charge in [0.2, 0.25) is 0 Å². The number of hydrogen-bond donors (Lipinski definition) is 0. The second-order valence-electron chi connectivity index (χ2n) is 12.3. The Labute approximate surface area is 327 Å². The van der Waals surface area contributed by atoms with Gasteiger partial charge in [0.25, 0.3) is 0 Å². The van der Waals surface area contributed by atoms with Crippen molar-refractivity contribution in [2.75, 3.05) is 0 Å². The van der Waals surface area contributed by atoms with Crippen molar-refractivity contribution in [3.8, 4) is 0 Å². The molecule has 53 heavy (non-hydrogen) atoms. The van der Waals surface area contributed by atoms with Crippen molar-refractivity contribution in [3.05, 3.63) is 231 Å². The first kappa shape index (κ1) is 37.6. The van der Waals surface area contributed by atoms with Crippen molar-refractivity contribution in [1.29, 1.82) is 0 Å². The van der Waals surface area contributed by atoms with E-state index in [1.54, 1.807) is 0 Å². The molecule has 10 aromatic rings. The van der Waals surface area contributed by atoms with Crippen LogP contribution in [-0.2, 0) is 17.4 Å². The van der Waals surface area contributed by atoms with Crippen molar-refractivity contribution in [2.45, 2.75) is 0 Å². The van der Waals surface area contributed by atoms with Crippen molar-refractivity contribution in [3.63, 3.8) is 0 Å². The van der Waals surface area contributed by atoms with Gasteiger partial charge in [-0.3, -0.25) is 0 Å². The first-order valence-corrected chi connectivity index (χ1v) is 19.6. The van der Waals surface area contributed by atoms with Gasteiger partial charge in [-0.05, 0) is 64.3 Å². The van der Waals surface area contributed by atoms with Gasteiger partial charge < -0.3 is 0 Å². The summed E-state index contributed by atoms with van der Waals surface area (Å²) >= 11 is 0. The SMILES string of the molecule is [Cr+2].c1cc[cH-]c1.c1cc[cH-]c1.c1ccc2c(Pc3cccc4ccccc34)cccc2c1.c1ccc2c(Pc3cccc4ccccc34)cccc2c1. The van der Waals surface area contributed by atoms with Crippen LogP contribution in [0.4, 0.5) is 0 Å². The molecule has 0 radical (unpaired) electrons. The number of fused-ring (bicyclic) bond motifs is 4. The minimum absolute atomic E-state index is 0. The molecule has 10 aromatic carbocycles. The largest absolute Gasteiger partial charge is 2.00 e. The molecule has 0 aliphatic carbocycles. The van der Waals surface area contributed by atoms with Crippen molar-refractivity contribution >= 4 is 81.5 Å². The second-order valence-corrected chi connectivity index (χ2v) is 14.9. The van der Waals surface area contributed by atoms with E-state index >= 15 is 0 Å². The molecule has 0 bridgehead atoms. The summed E-state index contributed by atoms with van der Waals surface area (Å²) in [6.07, 6.45) is 0. The van der Waals surface area contributed by atoms with Gasteiger partial charge in [0.15, 0.2) is 0 Å². The van der Waals surface area contributed by atoms with E-state index in [1.165, 1.54) is 64.3 Å². The molecule has 0 saturated carbocycles. The Morgan fingerprint density at radius 2 is 0.472 bits per heavy atom. The van der Waals surface area contributed by atoms with Crippen LogP contribution in [0.2, 0.25) is 0 Å². The number of rotatable bonds is 4. The maximum atomic E-state index is 2.25. The van der Waals surface area contributed by atoms with E-state index in [0.717, 1.165) is 0 Å². The summed E-state index contributed by atoms with van der Waals surface area (Å²) < 4.78 is 0. The Balaban J connectivity index is 0.000000142. The zero-order chi connectivity index (χ0) is 35.2. The molecule has 0 amide bonds. The molecule has 0 saturated heterocycles. The topological polar surface area (TPSA) is 0 Å². The van der Waals surface area contributed by atoms with Gasteiger partial charge in [0.05, 0.1) is 0 Å². The Morgan fingerprint density at radius 1 is 0.245 bits per heavy atom. The molecule has 256 valence electrons. The third-order valence-electron chi connectivity index (χ3n) is 8.81. The average Bonchev–Trinajstić information content (AvgIpc) is 4.00. The van der Waals surface area contributed by atoms with Crippen molar-refractivity contribution in [2.24, 2.45) is 0 Å². The fourth-order valence-electron chi connectivity index (χ4n) is 6.27. The van der Waals surface area contributed by atoms with Gasteiger partial charge in [-0.15, -0.1) is 0 Å². The molecule has 0 heterocycles. The molecule has 0 aliphatic rings. The van der Waals surface area contributed by atoms with Gasteiger partial charge in [0.1, 0.15) is 0 Å². The molecular weight excluding hydrogens is 714 g/mol. The minimum atomic E-state index is 0. The normalized spacial score (nSPS) is 10.3. The summed E-state index contributed by atoms with van der Waals surface area (Å²) in [5.74, 6) is 0. The van der Waals surface area contributed by atoms with Crippen LogP contribution in [0, 0.1) is 0 Å². The Morgan fingerprint density at radius 3 is 0.698 bits per heavy atom. The maximum absolute atomic E-state index is 2.25. The summed E-state index contributed by atoms with van der Waals surface area (Å²) in [5.41, 5.74) is 0. The van der Waals surface area contributed by atoms with Crippen LogP contribution >= 0.6 is 17.2 Å². The van der Waals surface area contributed by atoms with Crippen LogP contribution in [0.15, 0.2) is 231 Å². The predicted molar refractivity (Wildman–Crippen MR) is 235 cm³/mol. The standard InChI is InChI=1S/2C20H15P.2C5H5.Cr/c2*1-3-11-17-15(7-1)9-5-13-19(17)21-20-14-6-10-16-8-2-4-12-18(16)20;2*1-2-4-5-3-1;/h2*1-14,21H;2*1-5H;/q;;2*-1;+2. The Hall–Kier alpha value is -5.11. The molecule has 0 fully saturated rings. The van der Waals surface area contributed by atoms with E-state index < -0.39 is 0 Å². The van der Waals surface area contributed by atoms with Crippen LogP contribution in [0.5, 0.6) is 0 Å². The van der Waals surface area contributed by atoms with Gasteiger partial charge in [0, 0.05) is 0 Å². The molecule has 0 nitrogen and oxygen atoms in total. The predicted octanol–water partition coefficient (Wildman–Crippen LogP) is 12.1. The van der Waals surface area contributed by atoms with Crippen molar-refractivity contribution in [1.82, 2.24) is 0 Å². The van der Waals surface area contributed by atoms with Gasteiger partial charge in [-0.25, -0.2) is 24.3 Å². The molecular formula is C50H40CrP2. The summed E-state index contributed by atoms with van der Waals surface area (Å²) in [6.45, 7) is 0. The quantitative estimate of drug-likeness (QED) is 0.124. The monoisotopic (exact) mass is 754 g/mol. The maximum Gasteiger partial charge on any atom is 2.00 e. The second kappa shape index (κ2) is 19.7. The van der Waals surface area contributed by atoms with Crippen LogP contribution in [0.1, 0.15) is 0 Å². The first-order chi connectivity index (χ1) is 25.8. The summed E-state index contributed by atoms with van der Waals surface area (Å²) in [4.78, 5) is 0.